The van der Waals surface area contributed by atoms with Crippen molar-refractivity contribution >= 4 is 0 Å². The molecule has 120 valence electrons. The van der Waals surface area contributed by atoms with Gasteiger partial charge in [0.2, 0.25) is 0 Å². The van der Waals surface area contributed by atoms with Crippen LogP contribution < -0.4 is 0 Å². The van der Waals surface area contributed by atoms with Gasteiger partial charge in [0.05, 0.1) is 0 Å². The molecular weight excluding hydrogens is 282 g/mol. The van der Waals surface area contributed by atoms with E-state index >= 15 is 0 Å². The Labute approximate surface area is 138 Å². The number of fused-ring (bicyclic) bond motifs is 4. The zero-order valence-corrected chi connectivity index (χ0v) is 14.0. The summed E-state index contributed by atoms with van der Waals surface area (Å²) in [6.45, 7) is 6.96. The fraction of sp³-hybridized carbons (Fsp3) is 0.429. The number of hydrogen-bond acceptors (Lipinski definition) is 2. The average molecular weight is 307 g/mol. The van der Waals surface area contributed by atoms with E-state index in [4.69, 9.17) is 0 Å². The molecule has 2 aromatic carbocycles. The lowest BCUT2D eigenvalue weighted by molar-refractivity contribution is 0.0258. The van der Waals surface area contributed by atoms with Crippen molar-refractivity contribution in [3.05, 3.63) is 65.2 Å². The Hall–Kier alpha value is -1.80. The van der Waals surface area contributed by atoms with Gasteiger partial charge in [0.1, 0.15) is 5.75 Å². The molecule has 1 fully saturated rings. The van der Waals surface area contributed by atoms with Gasteiger partial charge in [0.15, 0.2) is 0 Å². The van der Waals surface area contributed by atoms with Crippen LogP contribution in [0.3, 0.4) is 0 Å². The highest BCUT2D eigenvalue weighted by Crippen LogP contribution is 2.49. The lowest BCUT2D eigenvalue weighted by Gasteiger charge is -2.54. The Bertz CT molecular complexity index is 711. The monoisotopic (exact) mass is 307 g/mol. The maximum atomic E-state index is 9.92. The third-order valence-electron chi connectivity index (χ3n) is 6.34. The zero-order chi connectivity index (χ0) is 16.0. The van der Waals surface area contributed by atoms with Crippen LogP contribution in [0.4, 0.5) is 0 Å². The SMILES string of the molecule is C[C@@H]1[C@@H]2Cc3ccc(O)cc3C1(C)CCN2Cc1ccccc1. The molecule has 0 radical (unpaired) electrons. The minimum absolute atomic E-state index is 0.185. The largest absolute Gasteiger partial charge is 0.508 e. The van der Waals surface area contributed by atoms with E-state index in [0.717, 1.165) is 25.9 Å². The molecule has 3 atom stereocenters. The molecule has 0 amide bonds. The number of benzene rings is 2. The Balaban J connectivity index is 1.67. The summed E-state index contributed by atoms with van der Waals surface area (Å²) in [5, 5.41) is 9.92. The van der Waals surface area contributed by atoms with Gasteiger partial charge in [0, 0.05) is 12.6 Å². The summed E-state index contributed by atoms with van der Waals surface area (Å²) in [4.78, 5) is 2.66. The number of aromatic hydroxyl groups is 1. The van der Waals surface area contributed by atoms with Crippen LogP contribution in [-0.2, 0) is 18.4 Å². The summed E-state index contributed by atoms with van der Waals surface area (Å²) in [5.74, 6) is 1.01. The van der Waals surface area contributed by atoms with Crippen LogP contribution in [0, 0.1) is 5.92 Å². The van der Waals surface area contributed by atoms with Gasteiger partial charge in [-0.05, 0) is 59.5 Å². The van der Waals surface area contributed by atoms with Gasteiger partial charge >= 0.3 is 0 Å². The molecule has 1 aliphatic heterocycles. The van der Waals surface area contributed by atoms with Crippen molar-refractivity contribution in [1.82, 2.24) is 4.90 Å². The van der Waals surface area contributed by atoms with E-state index < -0.39 is 0 Å². The molecule has 1 unspecified atom stereocenters. The third-order valence-corrected chi connectivity index (χ3v) is 6.34. The minimum Gasteiger partial charge on any atom is -0.508 e. The van der Waals surface area contributed by atoms with Crippen molar-refractivity contribution in [1.29, 1.82) is 0 Å². The molecule has 2 aliphatic rings. The number of hydrogen-bond donors (Lipinski definition) is 1. The van der Waals surface area contributed by atoms with E-state index in [-0.39, 0.29) is 5.41 Å². The van der Waals surface area contributed by atoms with Crippen LogP contribution >= 0.6 is 0 Å². The standard InChI is InChI=1S/C21H25NO/c1-15-20-12-17-8-9-18(23)13-19(17)21(15,2)10-11-22(20)14-16-6-4-3-5-7-16/h3-9,13,15,20,23H,10-12,14H2,1-2H3/t15-,20+,21?/m1/s1. The molecule has 2 bridgehead atoms. The summed E-state index contributed by atoms with van der Waals surface area (Å²) in [7, 11) is 0. The predicted octanol–water partition coefficient (Wildman–Crippen LogP) is 4.12. The van der Waals surface area contributed by atoms with Gasteiger partial charge in [-0.25, -0.2) is 0 Å². The highest BCUT2D eigenvalue weighted by molar-refractivity contribution is 5.44. The summed E-state index contributed by atoms with van der Waals surface area (Å²) in [5.41, 5.74) is 4.39. The molecule has 1 saturated heterocycles. The summed E-state index contributed by atoms with van der Waals surface area (Å²) >= 11 is 0. The first-order valence-corrected chi connectivity index (χ1v) is 8.68. The van der Waals surface area contributed by atoms with Gasteiger partial charge in [-0.3, -0.25) is 4.90 Å². The highest BCUT2D eigenvalue weighted by atomic mass is 16.3. The molecule has 23 heavy (non-hydrogen) atoms. The molecule has 1 N–H and O–H groups in total. The van der Waals surface area contributed by atoms with Crippen molar-refractivity contribution in [2.45, 2.75) is 44.7 Å². The number of rotatable bonds is 2. The molecule has 4 rings (SSSR count). The number of piperidine rings is 1. The van der Waals surface area contributed by atoms with Crippen LogP contribution in [-0.4, -0.2) is 22.6 Å². The van der Waals surface area contributed by atoms with Gasteiger partial charge in [-0.2, -0.15) is 0 Å². The molecule has 0 aromatic heterocycles. The number of likely N-dealkylation sites (tertiary alicyclic amines) is 1. The Kier molecular flexibility index (Phi) is 3.46. The molecule has 1 aliphatic carbocycles. The molecule has 2 nitrogen and oxygen atoms in total. The lowest BCUT2D eigenvalue weighted by atomic mass is 9.59. The topological polar surface area (TPSA) is 23.5 Å². The van der Waals surface area contributed by atoms with Crippen molar-refractivity contribution in [3.63, 3.8) is 0 Å². The van der Waals surface area contributed by atoms with E-state index in [1.54, 1.807) is 0 Å². The van der Waals surface area contributed by atoms with Crippen molar-refractivity contribution in [2.75, 3.05) is 6.54 Å². The smallest absolute Gasteiger partial charge is 0.115 e. The van der Waals surface area contributed by atoms with Crippen molar-refractivity contribution < 1.29 is 5.11 Å². The normalized spacial score (nSPS) is 30.0. The first kappa shape index (κ1) is 14.8. The molecule has 0 saturated carbocycles. The second kappa shape index (κ2) is 5.38. The molecule has 2 aromatic rings. The molecule has 0 spiro atoms. The van der Waals surface area contributed by atoms with E-state index in [1.807, 2.05) is 12.1 Å². The van der Waals surface area contributed by atoms with Crippen LogP contribution in [0.5, 0.6) is 5.75 Å². The van der Waals surface area contributed by atoms with E-state index in [9.17, 15) is 5.11 Å². The average Bonchev–Trinajstić information content (AvgIpc) is 2.55. The maximum absolute atomic E-state index is 9.92. The Morgan fingerprint density at radius 3 is 2.74 bits per heavy atom. The number of phenolic OH excluding ortho intramolecular Hbond substituents is 1. The lowest BCUT2D eigenvalue weighted by Crippen LogP contribution is -2.57. The fourth-order valence-corrected chi connectivity index (χ4v) is 4.71. The fourth-order valence-electron chi connectivity index (χ4n) is 4.71. The van der Waals surface area contributed by atoms with Crippen LogP contribution in [0.1, 0.15) is 37.0 Å². The Morgan fingerprint density at radius 2 is 1.96 bits per heavy atom. The van der Waals surface area contributed by atoms with Crippen LogP contribution in [0.25, 0.3) is 0 Å². The van der Waals surface area contributed by atoms with Gasteiger partial charge in [0.25, 0.3) is 0 Å². The summed E-state index contributed by atoms with van der Waals surface area (Å²) in [6.07, 6.45) is 2.26. The second-order valence-corrected chi connectivity index (χ2v) is 7.53. The highest BCUT2D eigenvalue weighted by Gasteiger charge is 2.48. The Morgan fingerprint density at radius 1 is 1.17 bits per heavy atom. The minimum atomic E-state index is 0.185. The van der Waals surface area contributed by atoms with Gasteiger partial charge in [-0.15, -0.1) is 0 Å². The quantitative estimate of drug-likeness (QED) is 0.902. The number of phenols is 1. The molecule has 2 heteroatoms. The van der Waals surface area contributed by atoms with Gasteiger partial charge in [-0.1, -0.05) is 50.2 Å². The summed E-state index contributed by atoms with van der Waals surface area (Å²) < 4.78 is 0. The van der Waals surface area contributed by atoms with E-state index in [1.165, 1.54) is 16.7 Å². The molecular formula is C21H25NO. The first-order valence-electron chi connectivity index (χ1n) is 8.68. The maximum Gasteiger partial charge on any atom is 0.115 e. The van der Waals surface area contributed by atoms with Crippen LogP contribution in [0.15, 0.2) is 48.5 Å². The zero-order valence-electron chi connectivity index (χ0n) is 14.0. The predicted molar refractivity (Wildman–Crippen MR) is 93.6 cm³/mol. The van der Waals surface area contributed by atoms with Crippen LogP contribution in [0.2, 0.25) is 0 Å². The summed E-state index contributed by atoms with van der Waals surface area (Å²) in [6, 6.07) is 17.4. The number of nitrogens with zero attached hydrogens (tertiary/aromatic N) is 1. The van der Waals surface area contributed by atoms with Crippen molar-refractivity contribution in [3.8, 4) is 5.75 Å². The second-order valence-electron chi connectivity index (χ2n) is 7.53. The van der Waals surface area contributed by atoms with E-state index in [0.29, 0.717) is 17.7 Å². The van der Waals surface area contributed by atoms with Crippen molar-refractivity contribution in [2.24, 2.45) is 5.92 Å². The molecule has 1 heterocycles. The third kappa shape index (κ3) is 2.36. The van der Waals surface area contributed by atoms with Gasteiger partial charge < -0.3 is 5.11 Å². The van der Waals surface area contributed by atoms with E-state index in [2.05, 4.69) is 55.1 Å². The first-order chi connectivity index (χ1) is 11.1.